The molecule has 484 valence electrons. The summed E-state index contributed by atoms with van der Waals surface area (Å²) in [6, 6.07) is 24.6. The second kappa shape index (κ2) is 26.8. The number of halogens is 14. The number of nitrogens with zero attached hydrogens (tertiary/aromatic N) is 6. The van der Waals surface area contributed by atoms with Gasteiger partial charge in [0.2, 0.25) is 0 Å². The molecular formula is C66H58F14N8O4. The van der Waals surface area contributed by atoms with Crippen molar-refractivity contribution in [2.75, 3.05) is 27.2 Å². The molecule has 6 aromatic carbocycles. The highest BCUT2D eigenvalue weighted by molar-refractivity contribution is 6.07. The van der Waals surface area contributed by atoms with E-state index in [1.54, 1.807) is 74.5 Å². The van der Waals surface area contributed by atoms with Crippen molar-refractivity contribution in [3.05, 3.63) is 224 Å². The van der Waals surface area contributed by atoms with Crippen LogP contribution in [0.25, 0.3) is 21.8 Å². The molecule has 0 unspecified atom stereocenters. The van der Waals surface area contributed by atoms with Crippen LogP contribution in [-0.4, -0.2) is 92.7 Å². The van der Waals surface area contributed by atoms with Crippen LogP contribution in [0, 0.1) is 25.5 Å². The van der Waals surface area contributed by atoms with Crippen LogP contribution in [0.4, 0.5) is 71.1 Å². The monoisotopic (exact) mass is 1290 g/mol. The first-order valence-electron chi connectivity index (χ1n) is 28.6. The Kier molecular flexibility index (Phi) is 19.6. The number of amides is 6. The Balaban J connectivity index is 0.000000217. The van der Waals surface area contributed by atoms with Crippen LogP contribution in [0.2, 0.25) is 0 Å². The minimum absolute atomic E-state index is 0.0342. The van der Waals surface area contributed by atoms with Gasteiger partial charge in [-0.25, -0.2) is 18.4 Å². The third kappa shape index (κ3) is 15.7. The highest BCUT2D eigenvalue weighted by atomic mass is 19.4. The van der Waals surface area contributed by atoms with Gasteiger partial charge in [0.05, 0.1) is 56.5 Å². The zero-order valence-electron chi connectivity index (χ0n) is 49.4. The fourth-order valence-corrected chi connectivity index (χ4v) is 11.7. The van der Waals surface area contributed by atoms with Crippen LogP contribution in [0.3, 0.4) is 0 Å². The fraction of sp³-hybridized carbons (Fsp3) is 0.303. The fourth-order valence-electron chi connectivity index (χ4n) is 11.7. The molecule has 4 heterocycles. The third-order valence-corrected chi connectivity index (χ3v) is 16.1. The molecule has 0 bridgehead atoms. The molecule has 2 aliphatic heterocycles. The Morgan fingerprint density at radius 2 is 0.815 bits per heavy atom. The van der Waals surface area contributed by atoms with E-state index in [0.717, 1.165) is 9.80 Å². The molecule has 92 heavy (non-hydrogen) atoms. The van der Waals surface area contributed by atoms with Gasteiger partial charge in [-0.3, -0.25) is 19.6 Å². The van der Waals surface area contributed by atoms with Crippen molar-refractivity contribution in [2.45, 2.75) is 101 Å². The number of pyridine rings is 2. The number of hydrogen-bond donors (Lipinski definition) is 2. The summed E-state index contributed by atoms with van der Waals surface area (Å²) in [7, 11) is 2.57. The molecule has 2 fully saturated rings. The van der Waals surface area contributed by atoms with Crippen molar-refractivity contribution in [1.29, 1.82) is 0 Å². The molecule has 6 amide bonds. The lowest BCUT2D eigenvalue weighted by molar-refractivity contribution is -0.144. The van der Waals surface area contributed by atoms with Crippen LogP contribution in [0.1, 0.15) is 114 Å². The van der Waals surface area contributed by atoms with Gasteiger partial charge in [-0.1, -0.05) is 48.5 Å². The summed E-state index contributed by atoms with van der Waals surface area (Å²) in [5, 5.41) is 7.36. The Morgan fingerprint density at radius 3 is 1.14 bits per heavy atom. The number of aryl methyl sites for hydroxylation is 2. The van der Waals surface area contributed by atoms with Gasteiger partial charge in [0.15, 0.2) is 0 Å². The van der Waals surface area contributed by atoms with E-state index in [2.05, 4.69) is 20.6 Å². The molecule has 8 aromatic rings. The van der Waals surface area contributed by atoms with Gasteiger partial charge in [-0.15, -0.1) is 0 Å². The van der Waals surface area contributed by atoms with E-state index in [4.69, 9.17) is 0 Å². The van der Waals surface area contributed by atoms with Gasteiger partial charge in [0.25, 0.3) is 11.8 Å². The maximum Gasteiger partial charge on any atom is 0.416 e. The zero-order chi connectivity index (χ0) is 66.8. The summed E-state index contributed by atoms with van der Waals surface area (Å²) in [5.41, 5.74) is -2.24. The second-order valence-electron chi connectivity index (χ2n) is 22.7. The van der Waals surface area contributed by atoms with Crippen molar-refractivity contribution in [1.82, 2.24) is 40.2 Å². The first kappa shape index (κ1) is 67.0. The number of piperidine rings is 2. The lowest BCUT2D eigenvalue weighted by Gasteiger charge is -2.42. The predicted molar refractivity (Wildman–Crippen MR) is 312 cm³/mol. The smallest absolute Gasteiger partial charge is 0.349 e. The van der Waals surface area contributed by atoms with Crippen LogP contribution >= 0.6 is 0 Å². The highest BCUT2D eigenvalue weighted by Gasteiger charge is 2.41. The lowest BCUT2D eigenvalue weighted by Crippen LogP contribution is -2.51. The van der Waals surface area contributed by atoms with Crippen molar-refractivity contribution in [3.63, 3.8) is 0 Å². The number of benzene rings is 6. The molecule has 2 aliphatic rings. The first-order valence-corrected chi connectivity index (χ1v) is 28.6. The van der Waals surface area contributed by atoms with Gasteiger partial charge in [-0.2, -0.15) is 52.7 Å². The molecular weight excluding hydrogens is 1230 g/mol. The van der Waals surface area contributed by atoms with Crippen molar-refractivity contribution >= 4 is 45.7 Å². The number of urea groups is 2. The number of carbonyl (C=O) groups excluding carboxylic acids is 4. The van der Waals surface area contributed by atoms with E-state index in [1.165, 1.54) is 72.7 Å². The Bertz CT molecular complexity index is 3730. The predicted octanol–water partition coefficient (Wildman–Crippen LogP) is 15.8. The molecule has 26 heteroatoms. The van der Waals surface area contributed by atoms with Gasteiger partial charge in [0, 0.05) is 75.5 Å². The van der Waals surface area contributed by atoms with E-state index in [-0.39, 0.29) is 61.0 Å². The van der Waals surface area contributed by atoms with E-state index in [0.29, 0.717) is 92.3 Å². The first-order chi connectivity index (χ1) is 43.2. The molecule has 0 spiro atoms. The van der Waals surface area contributed by atoms with Gasteiger partial charge in [-0.05, 0) is 158 Å². The summed E-state index contributed by atoms with van der Waals surface area (Å²) in [4.78, 5) is 67.8. The number of carbonyl (C=O) groups is 4. The largest absolute Gasteiger partial charge is 0.416 e. The van der Waals surface area contributed by atoms with Crippen LogP contribution < -0.4 is 10.6 Å². The maximum atomic E-state index is 14.0. The normalized spacial score (nSPS) is 17.2. The van der Waals surface area contributed by atoms with E-state index in [1.807, 2.05) is 0 Å². The minimum atomic E-state index is -5.03. The summed E-state index contributed by atoms with van der Waals surface area (Å²) in [6.45, 7) is 2.46. The van der Waals surface area contributed by atoms with Crippen LogP contribution in [-0.2, 0) is 37.8 Å². The summed E-state index contributed by atoms with van der Waals surface area (Å²) < 4.78 is 189. The number of rotatable bonds is 10. The van der Waals surface area contributed by atoms with Crippen molar-refractivity contribution in [2.24, 2.45) is 0 Å². The minimum Gasteiger partial charge on any atom is -0.349 e. The molecule has 2 aromatic heterocycles. The summed E-state index contributed by atoms with van der Waals surface area (Å²) in [5.74, 6) is -1.68. The topological polar surface area (TPSA) is 131 Å². The number of alkyl halides is 12. The van der Waals surface area contributed by atoms with Crippen molar-refractivity contribution in [3.8, 4) is 0 Å². The molecule has 10 rings (SSSR count). The molecule has 12 nitrogen and oxygen atoms in total. The molecule has 0 saturated carbocycles. The molecule has 0 aliphatic carbocycles. The van der Waals surface area contributed by atoms with E-state index < -0.39 is 108 Å². The second-order valence-corrected chi connectivity index (χ2v) is 22.7. The Morgan fingerprint density at radius 1 is 0.478 bits per heavy atom. The third-order valence-electron chi connectivity index (χ3n) is 16.1. The van der Waals surface area contributed by atoms with Crippen molar-refractivity contribution < 1.29 is 80.6 Å². The van der Waals surface area contributed by atoms with Crippen LogP contribution in [0.15, 0.2) is 146 Å². The molecule has 4 atom stereocenters. The Hall–Kier alpha value is -9.36. The zero-order valence-corrected chi connectivity index (χ0v) is 49.4. The number of aromatic nitrogens is 2. The molecule has 2 saturated heterocycles. The average Bonchev–Trinajstić information content (AvgIpc) is 0.812. The van der Waals surface area contributed by atoms with Gasteiger partial charge < -0.3 is 30.2 Å². The maximum absolute atomic E-state index is 14.0. The highest BCUT2D eigenvalue weighted by Crippen LogP contribution is 2.41. The number of hydrogen-bond acceptors (Lipinski definition) is 6. The van der Waals surface area contributed by atoms with Gasteiger partial charge >= 0.3 is 36.8 Å². The van der Waals surface area contributed by atoms with Crippen LogP contribution in [0.5, 0.6) is 0 Å². The average molecular weight is 1290 g/mol. The SMILES string of the molecule is Cc1cc(F)ccc1[C@H]1C[C@@H](NC(=O)c2ccnc3ccccc23)CCN1C(=O)N(C)Cc1cc(C(F)(F)F)cc(C(F)(F)F)c1.Cc1cc(F)ccc1[C@H]1C[C@H](NC(=O)c2ccnc3ccccc23)CCN1C(=O)N(C)Cc1cc(C(F)(F)F)cc(C(F)(F)F)c1. The number of para-hydroxylation sites is 2. The number of fused-ring (bicyclic) bond motifs is 2. The summed E-state index contributed by atoms with van der Waals surface area (Å²) >= 11 is 0. The molecule has 0 radical (unpaired) electrons. The lowest BCUT2D eigenvalue weighted by atomic mass is 9.89. The quantitative estimate of drug-likeness (QED) is 0.131. The Labute approximate surface area is 517 Å². The number of likely N-dealkylation sites (tertiary alicyclic amines) is 2. The van der Waals surface area contributed by atoms with E-state index >= 15 is 0 Å². The van der Waals surface area contributed by atoms with Gasteiger partial charge in [0.1, 0.15) is 11.6 Å². The molecule has 2 N–H and O–H groups in total. The summed E-state index contributed by atoms with van der Waals surface area (Å²) in [6.07, 6.45) is -16.0. The number of nitrogens with one attached hydrogen (secondary N) is 2. The van der Waals surface area contributed by atoms with E-state index in [9.17, 15) is 80.6 Å². The standard InChI is InChI=1S/2C33H29F7N4O2/c2*1-19-13-23(34)7-8-25(19)29-17-24(42-30(45)27-9-11-41-28-6-4-3-5-26(27)28)10-12-44(29)31(46)43(2)18-20-14-21(32(35,36)37)16-22(15-20)33(38,39)40/h2*3-9,11,13-16,24,29H,10,12,17-18H2,1-2H3,(H,42,45)/t24-,29+;24-,29-/m01/s1.